The zero-order valence-corrected chi connectivity index (χ0v) is 15.8. The molecule has 0 bridgehead atoms. The second-order valence-corrected chi connectivity index (χ2v) is 6.69. The number of benzene rings is 1. The van der Waals surface area contributed by atoms with Crippen LogP contribution in [0.4, 0.5) is 0 Å². The van der Waals surface area contributed by atoms with Crippen molar-refractivity contribution in [2.24, 2.45) is 0 Å². The molecule has 0 aliphatic heterocycles. The molecule has 0 unspecified atom stereocenters. The van der Waals surface area contributed by atoms with Crippen LogP contribution in [0.5, 0.6) is 5.75 Å². The number of aryl methyl sites for hydroxylation is 1. The highest BCUT2D eigenvalue weighted by Crippen LogP contribution is 2.21. The van der Waals surface area contributed by atoms with E-state index in [4.69, 9.17) is 13.9 Å². The summed E-state index contributed by atoms with van der Waals surface area (Å²) in [4.78, 5) is 28.4. The van der Waals surface area contributed by atoms with Gasteiger partial charge < -0.3 is 13.9 Å². The summed E-state index contributed by atoms with van der Waals surface area (Å²) in [6, 6.07) is 14.1. The van der Waals surface area contributed by atoms with E-state index in [1.807, 2.05) is 24.3 Å². The van der Waals surface area contributed by atoms with Gasteiger partial charge in [-0.1, -0.05) is 18.2 Å². The van der Waals surface area contributed by atoms with Crippen molar-refractivity contribution in [2.75, 3.05) is 6.61 Å². The molecule has 3 rings (SSSR count). The summed E-state index contributed by atoms with van der Waals surface area (Å²) >= 11 is 1.22. The number of para-hydroxylation sites is 1. The number of esters is 1. The first kappa shape index (κ1) is 19.3. The van der Waals surface area contributed by atoms with E-state index >= 15 is 0 Å². The van der Waals surface area contributed by atoms with Crippen LogP contribution in [0.15, 0.2) is 52.3 Å². The van der Waals surface area contributed by atoms with Gasteiger partial charge in [-0.15, -0.1) is 11.3 Å². The number of hydrogen-bond acceptors (Lipinski definition) is 8. The quantitative estimate of drug-likeness (QED) is 0.535. The number of thiazole rings is 1. The Bertz CT molecular complexity index is 1000. The largest absolute Gasteiger partial charge is 0.486 e. The Kier molecular flexibility index (Phi) is 6.19. The third-order valence-corrected chi connectivity index (χ3v) is 4.69. The second kappa shape index (κ2) is 8.97. The number of furan rings is 1. The molecule has 0 saturated carbocycles. The van der Waals surface area contributed by atoms with Gasteiger partial charge in [0.2, 0.25) is 5.76 Å². The first-order chi connectivity index (χ1) is 13.6. The number of carbonyl (C=O) groups excluding carboxylic acids is 2. The summed E-state index contributed by atoms with van der Waals surface area (Å²) in [5, 5.41) is 11.4. The second-order valence-electron chi connectivity index (χ2n) is 5.80. The number of ketones is 1. The predicted octanol–water partition coefficient (Wildman–Crippen LogP) is 3.66. The highest BCUT2D eigenvalue weighted by Gasteiger charge is 2.25. The number of ether oxygens (including phenoxy) is 2. The summed E-state index contributed by atoms with van der Waals surface area (Å²) in [5.41, 5.74) is 0.728. The molecule has 28 heavy (non-hydrogen) atoms. The number of nitriles is 1. The molecule has 3 aromatic rings. The zero-order chi connectivity index (χ0) is 19.9. The van der Waals surface area contributed by atoms with Gasteiger partial charge in [-0.25, -0.2) is 9.78 Å². The Balaban J connectivity index is 1.53. The molecule has 8 heteroatoms. The Hall–Kier alpha value is -3.44. The van der Waals surface area contributed by atoms with E-state index in [1.54, 1.807) is 30.5 Å². The van der Waals surface area contributed by atoms with Crippen molar-refractivity contribution < 1.29 is 23.5 Å². The van der Waals surface area contributed by atoms with Gasteiger partial charge in [-0.2, -0.15) is 5.26 Å². The third-order valence-electron chi connectivity index (χ3n) is 3.67. The molecule has 1 atom stereocenters. The Labute approximate surface area is 165 Å². The number of aromatic nitrogens is 1. The summed E-state index contributed by atoms with van der Waals surface area (Å²) in [6.07, 6.45) is 0. The topological polar surface area (TPSA) is 102 Å². The normalized spacial score (nSPS) is 11.4. The zero-order valence-electron chi connectivity index (χ0n) is 15.0. The van der Waals surface area contributed by atoms with Crippen LogP contribution in [0, 0.1) is 18.3 Å². The smallest absolute Gasteiger partial charge is 0.374 e. The van der Waals surface area contributed by atoms with Gasteiger partial charge in [0.05, 0.1) is 6.07 Å². The van der Waals surface area contributed by atoms with Crippen LogP contribution in [0.2, 0.25) is 0 Å². The number of nitrogens with zero attached hydrogens (tertiary/aromatic N) is 2. The van der Waals surface area contributed by atoms with E-state index in [9.17, 15) is 14.9 Å². The van der Waals surface area contributed by atoms with E-state index < -0.39 is 24.3 Å². The summed E-state index contributed by atoms with van der Waals surface area (Å²) < 4.78 is 15.9. The molecule has 142 valence electrons. The lowest BCUT2D eigenvalue weighted by Crippen LogP contribution is -2.19. The number of carbonyl (C=O) groups is 2. The standard InChI is InChI=1S/C20H16N2O5S/c1-13-12-28-19(22-13)16(9-21)17(23)11-26-20(24)18-8-7-15(27-18)10-25-14-5-3-2-4-6-14/h2-8,12,16H,10-11H2,1H3/t16-/m0/s1. The van der Waals surface area contributed by atoms with E-state index in [2.05, 4.69) is 4.98 Å². The molecule has 2 aromatic heterocycles. The van der Waals surface area contributed by atoms with Crippen LogP contribution in [0.3, 0.4) is 0 Å². The van der Waals surface area contributed by atoms with Gasteiger partial charge in [-0.05, 0) is 31.2 Å². The molecule has 0 radical (unpaired) electrons. The van der Waals surface area contributed by atoms with Gasteiger partial charge in [0.1, 0.15) is 23.1 Å². The summed E-state index contributed by atoms with van der Waals surface area (Å²) in [5.74, 6) is -1.31. The minimum absolute atomic E-state index is 0.0435. The van der Waals surface area contributed by atoms with Gasteiger partial charge in [0.15, 0.2) is 18.3 Å². The van der Waals surface area contributed by atoms with Crippen molar-refractivity contribution in [3.05, 3.63) is 70.1 Å². The average Bonchev–Trinajstić information content (AvgIpc) is 3.35. The lowest BCUT2D eigenvalue weighted by molar-refractivity contribution is -0.122. The SMILES string of the molecule is Cc1csc([C@@H](C#N)C(=O)COC(=O)c2ccc(COc3ccccc3)o2)n1. The summed E-state index contributed by atoms with van der Waals surface area (Å²) in [6.45, 7) is 1.39. The molecule has 0 amide bonds. The van der Waals surface area contributed by atoms with Crippen LogP contribution < -0.4 is 4.74 Å². The molecule has 0 aliphatic rings. The van der Waals surface area contributed by atoms with Crippen molar-refractivity contribution in [2.45, 2.75) is 19.4 Å². The van der Waals surface area contributed by atoms with Gasteiger partial charge in [0.25, 0.3) is 0 Å². The van der Waals surface area contributed by atoms with Gasteiger partial charge in [-0.3, -0.25) is 4.79 Å². The highest BCUT2D eigenvalue weighted by molar-refractivity contribution is 7.09. The lowest BCUT2D eigenvalue weighted by atomic mass is 10.1. The molecule has 2 heterocycles. The molecule has 0 fully saturated rings. The minimum atomic E-state index is -1.06. The maximum Gasteiger partial charge on any atom is 0.374 e. The fraction of sp³-hybridized carbons (Fsp3) is 0.200. The third kappa shape index (κ3) is 4.84. The van der Waals surface area contributed by atoms with Crippen molar-refractivity contribution in [3.8, 4) is 11.8 Å². The lowest BCUT2D eigenvalue weighted by Gasteiger charge is -2.06. The van der Waals surface area contributed by atoms with Crippen LogP contribution in [0.1, 0.15) is 32.9 Å². The number of rotatable bonds is 8. The predicted molar refractivity (Wildman–Crippen MR) is 100.0 cm³/mol. The molecule has 1 aromatic carbocycles. The van der Waals surface area contributed by atoms with Gasteiger partial charge in [0, 0.05) is 11.1 Å². The monoisotopic (exact) mass is 396 g/mol. The minimum Gasteiger partial charge on any atom is -0.486 e. The molecule has 0 spiro atoms. The van der Waals surface area contributed by atoms with Crippen LogP contribution in [0.25, 0.3) is 0 Å². The first-order valence-electron chi connectivity index (χ1n) is 8.35. The fourth-order valence-corrected chi connectivity index (χ4v) is 3.16. The van der Waals surface area contributed by atoms with Crippen molar-refractivity contribution in [1.82, 2.24) is 4.98 Å². The van der Waals surface area contributed by atoms with Gasteiger partial charge >= 0.3 is 5.97 Å². The maximum atomic E-state index is 12.2. The Morgan fingerprint density at radius 3 is 2.71 bits per heavy atom. The van der Waals surface area contributed by atoms with Crippen molar-refractivity contribution in [1.29, 1.82) is 5.26 Å². The Morgan fingerprint density at radius 1 is 1.25 bits per heavy atom. The van der Waals surface area contributed by atoms with Crippen LogP contribution >= 0.6 is 11.3 Å². The number of Topliss-reactive ketones (excluding diaryl/α,β-unsaturated/α-hetero) is 1. The molecular formula is C20H16N2O5S. The summed E-state index contributed by atoms with van der Waals surface area (Å²) in [7, 11) is 0. The van der Waals surface area contributed by atoms with E-state index in [-0.39, 0.29) is 12.4 Å². The van der Waals surface area contributed by atoms with E-state index in [1.165, 1.54) is 17.4 Å². The number of hydrogen-bond donors (Lipinski definition) is 0. The average molecular weight is 396 g/mol. The molecule has 7 nitrogen and oxygen atoms in total. The fourth-order valence-electron chi connectivity index (χ4n) is 2.30. The maximum absolute atomic E-state index is 12.2. The van der Waals surface area contributed by atoms with Crippen molar-refractivity contribution >= 4 is 23.1 Å². The van der Waals surface area contributed by atoms with E-state index in [0.29, 0.717) is 16.5 Å². The molecule has 0 saturated heterocycles. The molecule has 0 N–H and O–H groups in total. The van der Waals surface area contributed by atoms with Crippen molar-refractivity contribution in [3.63, 3.8) is 0 Å². The molecule has 0 aliphatic carbocycles. The van der Waals surface area contributed by atoms with Crippen LogP contribution in [-0.2, 0) is 16.1 Å². The first-order valence-corrected chi connectivity index (χ1v) is 9.23. The molecular weight excluding hydrogens is 380 g/mol. The highest BCUT2D eigenvalue weighted by atomic mass is 32.1. The Morgan fingerprint density at radius 2 is 2.04 bits per heavy atom. The van der Waals surface area contributed by atoms with Crippen LogP contribution in [-0.4, -0.2) is 23.3 Å². The van der Waals surface area contributed by atoms with E-state index in [0.717, 1.165) is 5.69 Å².